The molecule has 0 unspecified atom stereocenters. The summed E-state index contributed by atoms with van der Waals surface area (Å²) < 4.78 is 1.91. The quantitative estimate of drug-likeness (QED) is 0.853. The molecule has 2 N–H and O–H groups in total. The largest absolute Gasteiger partial charge is 0.481 e. The van der Waals surface area contributed by atoms with Crippen LogP contribution in [0.15, 0.2) is 17.5 Å². The number of aryl methyl sites for hydroxylation is 2. The number of thiazole rings is 1. The van der Waals surface area contributed by atoms with Crippen LogP contribution in [-0.2, 0) is 35.9 Å². The number of rotatable bonds is 6. The number of hydrogen-bond donors (Lipinski definition) is 2. The predicted molar refractivity (Wildman–Crippen MR) is 80.6 cm³/mol. The Hall–Kier alpha value is -2.15. The number of nitrogens with zero attached hydrogens (tertiary/aromatic N) is 2. The molecule has 2 aromatic rings. The van der Waals surface area contributed by atoms with Crippen molar-refractivity contribution >= 4 is 28.3 Å². The lowest BCUT2D eigenvalue weighted by molar-refractivity contribution is -0.136. The van der Waals surface area contributed by atoms with Crippen molar-refractivity contribution in [2.75, 3.05) is 5.32 Å². The van der Waals surface area contributed by atoms with Gasteiger partial charge in [-0.05, 0) is 25.0 Å². The Labute approximate surface area is 126 Å². The molecule has 0 aliphatic rings. The number of carboxylic acid groups (broad SMARTS) is 1. The van der Waals surface area contributed by atoms with E-state index in [4.69, 9.17) is 5.11 Å². The van der Waals surface area contributed by atoms with Gasteiger partial charge in [0.2, 0.25) is 5.91 Å². The summed E-state index contributed by atoms with van der Waals surface area (Å²) in [4.78, 5) is 26.0. The van der Waals surface area contributed by atoms with E-state index in [2.05, 4.69) is 10.3 Å². The second kappa shape index (κ2) is 6.53. The van der Waals surface area contributed by atoms with E-state index in [1.54, 1.807) is 0 Å². The topological polar surface area (TPSA) is 84.2 Å². The van der Waals surface area contributed by atoms with Gasteiger partial charge in [0, 0.05) is 30.7 Å². The Kier molecular flexibility index (Phi) is 4.74. The van der Waals surface area contributed by atoms with Gasteiger partial charge in [-0.2, -0.15) is 0 Å². The predicted octanol–water partition coefficient (Wildman–Crippen LogP) is 1.85. The number of carboxylic acids is 1. The van der Waals surface area contributed by atoms with Crippen molar-refractivity contribution in [3.8, 4) is 0 Å². The van der Waals surface area contributed by atoms with Crippen LogP contribution in [0.25, 0.3) is 0 Å². The highest BCUT2D eigenvalue weighted by atomic mass is 32.1. The highest BCUT2D eigenvalue weighted by Gasteiger charge is 2.09. The van der Waals surface area contributed by atoms with Crippen LogP contribution >= 0.6 is 11.3 Å². The van der Waals surface area contributed by atoms with Crippen molar-refractivity contribution < 1.29 is 14.7 Å². The van der Waals surface area contributed by atoms with Crippen molar-refractivity contribution in [2.24, 2.45) is 7.05 Å². The van der Waals surface area contributed by atoms with E-state index in [9.17, 15) is 9.59 Å². The Morgan fingerprint density at radius 1 is 1.33 bits per heavy atom. The maximum atomic E-state index is 10.9. The second-order valence-electron chi connectivity index (χ2n) is 4.77. The number of aliphatic carboxylic acids is 1. The minimum absolute atomic E-state index is 0.0277. The summed E-state index contributed by atoms with van der Waals surface area (Å²) in [6.07, 6.45) is 1.56. The summed E-state index contributed by atoms with van der Waals surface area (Å²) in [6, 6.07) is 3.78. The third kappa shape index (κ3) is 4.16. The van der Waals surface area contributed by atoms with Crippen molar-refractivity contribution in [2.45, 2.75) is 26.2 Å². The molecule has 0 saturated carbocycles. The average Bonchev–Trinajstić information content (AvgIpc) is 2.95. The van der Waals surface area contributed by atoms with E-state index in [0.717, 1.165) is 29.9 Å². The van der Waals surface area contributed by atoms with Crippen LogP contribution in [0, 0.1) is 0 Å². The first kappa shape index (κ1) is 15.2. The molecule has 6 nitrogen and oxygen atoms in total. The lowest BCUT2D eigenvalue weighted by atomic mass is 10.2. The SMILES string of the molecule is CC(=O)Nc1nc(CCc2ccc(CC(=O)O)n2C)cs1. The number of anilines is 1. The van der Waals surface area contributed by atoms with Crippen molar-refractivity contribution in [3.63, 3.8) is 0 Å². The monoisotopic (exact) mass is 307 g/mol. The first-order valence-electron chi connectivity index (χ1n) is 6.53. The molecule has 2 heterocycles. The van der Waals surface area contributed by atoms with Crippen LogP contribution in [-0.4, -0.2) is 26.5 Å². The fraction of sp³-hybridized carbons (Fsp3) is 0.357. The van der Waals surface area contributed by atoms with Crippen LogP contribution in [0.5, 0.6) is 0 Å². The molecule has 0 radical (unpaired) electrons. The van der Waals surface area contributed by atoms with E-state index in [0.29, 0.717) is 5.13 Å². The summed E-state index contributed by atoms with van der Waals surface area (Å²) in [5.41, 5.74) is 2.78. The molecular formula is C14H17N3O3S. The zero-order valence-electron chi connectivity index (χ0n) is 11.9. The van der Waals surface area contributed by atoms with Gasteiger partial charge in [0.15, 0.2) is 5.13 Å². The summed E-state index contributed by atoms with van der Waals surface area (Å²) in [6.45, 7) is 1.45. The van der Waals surface area contributed by atoms with Gasteiger partial charge in [-0.1, -0.05) is 0 Å². The molecule has 21 heavy (non-hydrogen) atoms. The normalized spacial score (nSPS) is 10.6. The zero-order valence-corrected chi connectivity index (χ0v) is 12.7. The van der Waals surface area contributed by atoms with Gasteiger partial charge >= 0.3 is 5.97 Å². The Balaban J connectivity index is 1.96. The Bertz CT molecular complexity index is 660. The minimum Gasteiger partial charge on any atom is -0.481 e. The molecule has 0 aromatic carbocycles. The number of aromatic nitrogens is 2. The molecule has 7 heteroatoms. The fourth-order valence-electron chi connectivity index (χ4n) is 2.07. The third-order valence-electron chi connectivity index (χ3n) is 3.13. The van der Waals surface area contributed by atoms with Gasteiger partial charge in [0.25, 0.3) is 0 Å². The minimum atomic E-state index is -0.831. The van der Waals surface area contributed by atoms with Crippen molar-refractivity contribution in [1.29, 1.82) is 0 Å². The molecule has 0 atom stereocenters. The van der Waals surface area contributed by atoms with Crippen LogP contribution in [0.2, 0.25) is 0 Å². The highest BCUT2D eigenvalue weighted by molar-refractivity contribution is 7.13. The van der Waals surface area contributed by atoms with Gasteiger partial charge < -0.3 is 15.0 Å². The number of hydrogen-bond acceptors (Lipinski definition) is 4. The van der Waals surface area contributed by atoms with Gasteiger partial charge in [-0.3, -0.25) is 9.59 Å². The first-order chi connectivity index (χ1) is 9.95. The van der Waals surface area contributed by atoms with Gasteiger partial charge in [0.05, 0.1) is 12.1 Å². The third-order valence-corrected chi connectivity index (χ3v) is 3.94. The van der Waals surface area contributed by atoms with Crippen molar-refractivity contribution in [3.05, 3.63) is 34.6 Å². The van der Waals surface area contributed by atoms with Crippen molar-refractivity contribution in [1.82, 2.24) is 9.55 Å². The number of carbonyl (C=O) groups excluding carboxylic acids is 1. The highest BCUT2D eigenvalue weighted by Crippen LogP contribution is 2.17. The Morgan fingerprint density at radius 3 is 2.71 bits per heavy atom. The summed E-state index contributed by atoms with van der Waals surface area (Å²) in [5.74, 6) is -0.959. The standard InChI is InChI=1S/C14H17N3O3S/c1-9(18)15-14-16-10(8-21-14)3-4-11-5-6-12(17(11)2)7-13(19)20/h5-6,8H,3-4,7H2,1-2H3,(H,19,20)(H,15,16,18). The van der Waals surface area contributed by atoms with E-state index in [-0.39, 0.29) is 12.3 Å². The lowest BCUT2D eigenvalue weighted by Gasteiger charge is -2.05. The average molecular weight is 307 g/mol. The number of amides is 1. The molecule has 0 spiro atoms. The second-order valence-corrected chi connectivity index (χ2v) is 5.63. The van der Waals surface area contributed by atoms with E-state index >= 15 is 0 Å². The summed E-state index contributed by atoms with van der Waals surface area (Å²) >= 11 is 1.40. The molecule has 112 valence electrons. The first-order valence-corrected chi connectivity index (χ1v) is 7.41. The zero-order chi connectivity index (χ0) is 15.4. The van der Waals surface area contributed by atoms with E-state index in [1.807, 2.05) is 29.1 Å². The molecule has 1 amide bonds. The van der Waals surface area contributed by atoms with Crippen LogP contribution in [0.4, 0.5) is 5.13 Å². The van der Waals surface area contributed by atoms with Crippen LogP contribution < -0.4 is 5.32 Å². The maximum Gasteiger partial charge on any atom is 0.309 e. The molecule has 0 aliphatic heterocycles. The molecular weight excluding hydrogens is 290 g/mol. The summed E-state index contributed by atoms with van der Waals surface area (Å²) in [5, 5.41) is 14.0. The van der Waals surface area contributed by atoms with E-state index in [1.165, 1.54) is 18.3 Å². The van der Waals surface area contributed by atoms with Crippen LogP contribution in [0.3, 0.4) is 0 Å². The molecule has 0 saturated heterocycles. The van der Waals surface area contributed by atoms with Gasteiger partial charge in [-0.15, -0.1) is 11.3 Å². The smallest absolute Gasteiger partial charge is 0.309 e. The Morgan fingerprint density at radius 2 is 2.05 bits per heavy atom. The molecule has 0 aliphatic carbocycles. The fourth-order valence-corrected chi connectivity index (χ4v) is 2.86. The van der Waals surface area contributed by atoms with Gasteiger partial charge in [-0.25, -0.2) is 4.98 Å². The summed E-state index contributed by atoms with van der Waals surface area (Å²) in [7, 11) is 1.87. The number of carbonyl (C=O) groups is 2. The lowest BCUT2D eigenvalue weighted by Crippen LogP contribution is -2.08. The maximum absolute atomic E-state index is 10.9. The molecule has 0 bridgehead atoms. The van der Waals surface area contributed by atoms with Crippen LogP contribution in [0.1, 0.15) is 24.0 Å². The van der Waals surface area contributed by atoms with Gasteiger partial charge in [0.1, 0.15) is 0 Å². The molecule has 0 fully saturated rings. The molecule has 2 aromatic heterocycles. The molecule has 2 rings (SSSR count). The van der Waals surface area contributed by atoms with E-state index < -0.39 is 5.97 Å². The number of nitrogens with one attached hydrogen (secondary N) is 1.